The van der Waals surface area contributed by atoms with Crippen LogP contribution in [0.3, 0.4) is 0 Å². The smallest absolute Gasteiger partial charge is 0.254 e. The number of nitrogens with zero attached hydrogens (tertiary/aromatic N) is 1. The van der Waals surface area contributed by atoms with E-state index in [4.69, 9.17) is 4.52 Å². The number of aliphatic hydroxyl groups excluding tert-OH is 1. The van der Waals surface area contributed by atoms with E-state index >= 15 is 0 Å². The molecule has 30 heavy (non-hydrogen) atoms. The van der Waals surface area contributed by atoms with Crippen molar-refractivity contribution in [3.8, 4) is 11.1 Å². The summed E-state index contributed by atoms with van der Waals surface area (Å²) in [5.74, 6) is 0.718. The van der Waals surface area contributed by atoms with E-state index in [9.17, 15) is 9.90 Å². The van der Waals surface area contributed by atoms with Gasteiger partial charge in [0.2, 0.25) is 0 Å². The number of aliphatic hydroxyl groups is 1. The number of hydrogen-bond donors (Lipinski definition) is 3. The number of carbonyl (C=O) groups is 1. The molecule has 1 aromatic heterocycles. The standard InChI is InChI=1S/C24H27N3O3/c1-14(2)21(13-28)26-24(18-8-6-5-7-9-18)19-12-17(10-11-20(19)25-23(24)29)22-15(3)27-30-16(22)4/h5-12,14,21,26,28H,13H2,1-4H3,(H,25,29). The fourth-order valence-corrected chi connectivity index (χ4v) is 4.26. The third kappa shape index (κ3) is 3.13. The summed E-state index contributed by atoms with van der Waals surface area (Å²) >= 11 is 0. The summed E-state index contributed by atoms with van der Waals surface area (Å²) in [6.07, 6.45) is 0. The van der Waals surface area contributed by atoms with Crippen LogP contribution in [-0.4, -0.2) is 28.8 Å². The molecule has 2 aromatic carbocycles. The number of fused-ring (bicyclic) bond motifs is 1. The average molecular weight is 405 g/mol. The fraction of sp³-hybridized carbons (Fsp3) is 0.333. The van der Waals surface area contributed by atoms with Crippen molar-refractivity contribution in [3.63, 3.8) is 0 Å². The number of rotatable bonds is 6. The van der Waals surface area contributed by atoms with Crippen LogP contribution < -0.4 is 10.6 Å². The minimum atomic E-state index is -1.11. The molecule has 6 heteroatoms. The summed E-state index contributed by atoms with van der Waals surface area (Å²) in [7, 11) is 0. The van der Waals surface area contributed by atoms with E-state index in [0.717, 1.165) is 39.4 Å². The zero-order valence-corrected chi connectivity index (χ0v) is 17.7. The molecule has 2 unspecified atom stereocenters. The zero-order valence-electron chi connectivity index (χ0n) is 17.7. The van der Waals surface area contributed by atoms with Gasteiger partial charge in [-0.2, -0.15) is 0 Å². The molecule has 6 nitrogen and oxygen atoms in total. The van der Waals surface area contributed by atoms with Crippen molar-refractivity contribution in [2.24, 2.45) is 5.92 Å². The topological polar surface area (TPSA) is 87.4 Å². The Labute approximate surface area is 176 Å². The summed E-state index contributed by atoms with van der Waals surface area (Å²) in [4.78, 5) is 13.5. The number of hydrogen-bond acceptors (Lipinski definition) is 5. The molecular weight excluding hydrogens is 378 g/mol. The number of carbonyl (C=O) groups excluding carboxylic acids is 1. The Hall–Kier alpha value is -2.96. The second-order valence-electron chi connectivity index (χ2n) is 8.21. The van der Waals surface area contributed by atoms with Gasteiger partial charge < -0.3 is 14.9 Å². The Balaban J connectivity index is 1.94. The molecule has 3 aromatic rings. The van der Waals surface area contributed by atoms with Crippen molar-refractivity contribution in [2.45, 2.75) is 39.3 Å². The molecule has 0 bridgehead atoms. The van der Waals surface area contributed by atoms with Crippen molar-refractivity contribution in [2.75, 3.05) is 11.9 Å². The highest BCUT2D eigenvalue weighted by Crippen LogP contribution is 2.44. The van der Waals surface area contributed by atoms with E-state index in [2.05, 4.69) is 15.8 Å². The van der Waals surface area contributed by atoms with Gasteiger partial charge in [-0.15, -0.1) is 0 Å². The van der Waals surface area contributed by atoms with E-state index in [1.807, 2.05) is 76.2 Å². The number of aryl methyl sites for hydroxylation is 2. The molecule has 0 fully saturated rings. The van der Waals surface area contributed by atoms with Gasteiger partial charge in [-0.05, 0) is 43.0 Å². The van der Waals surface area contributed by atoms with Gasteiger partial charge in [0.25, 0.3) is 5.91 Å². The molecule has 1 amide bonds. The van der Waals surface area contributed by atoms with Crippen LogP contribution in [0.2, 0.25) is 0 Å². The monoisotopic (exact) mass is 405 g/mol. The fourth-order valence-electron chi connectivity index (χ4n) is 4.26. The third-order valence-electron chi connectivity index (χ3n) is 5.94. The quantitative estimate of drug-likeness (QED) is 0.581. The SMILES string of the molecule is Cc1noc(C)c1-c1ccc2c(c1)C(NC(CO)C(C)C)(c1ccccc1)C(=O)N2. The van der Waals surface area contributed by atoms with Crippen LogP contribution in [0.5, 0.6) is 0 Å². The molecule has 1 aliphatic heterocycles. The van der Waals surface area contributed by atoms with E-state index in [1.54, 1.807) is 0 Å². The maximum atomic E-state index is 13.5. The summed E-state index contributed by atoms with van der Waals surface area (Å²) in [5, 5.41) is 20.6. The molecule has 4 rings (SSSR count). The highest BCUT2D eigenvalue weighted by molar-refractivity contribution is 6.09. The molecular formula is C24H27N3O3. The Bertz CT molecular complexity index is 1060. The van der Waals surface area contributed by atoms with Gasteiger partial charge in [0.05, 0.1) is 12.3 Å². The number of aromatic nitrogens is 1. The van der Waals surface area contributed by atoms with E-state index < -0.39 is 5.54 Å². The second kappa shape index (κ2) is 7.70. The Morgan fingerprint density at radius 2 is 1.90 bits per heavy atom. The van der Waals surface area contributed by atoms with Gasteiger partial charge in [0.15, 0.2) is 5.54 Å². The summed E-state index contributed by atoms with van der Waals surface area (Å²) in [5.41, 5.74) is 3.98. The van der Waals surface area contributed by atoms with Crippen molar-refractivity contribution in [1.29, 1.82) is 0 Å². The predicted octanol–water partition coefficient (Wildman–Crippen LogP) is 3.76. The van der Waals surface area contributed by atoms with Gasteiger partial charge in [0.1, 0.15) is 5.76 Å². The van der Waals surface area contributed by atoms with Crippen LogP contribution in [0.1, 0.15) is 36.4 Å². The molecule has 0 saturated carbocycles. The van der Waals surface area contributed by atoms with Gasteiger partial charge in [-0.1, -0.05) is 55.4 Å². The van der Waals surface area contributed by atoms with E-state index in [-0.39, 0.29) is 24.5 Å². The van der Waals surface area contributed by atoms with Crippen molar-refractivity contribution < 1.29 is 14.4 Å². The van der Waals surface area contributed by atoms with Gasteiger partial charge in [-0.25, -0.2) is 0 Å². The Kier molecular flexibility index (Phi) is 5.22. The number of amides is 1. The molecule has 2 atom stereocenters. The summed E-state index contributed by atoms with van der Waals surface area (Å²) in [6, 6.07) is 15.3. The first-order chi connectivity index (χ1) is 14.4. The second-order valence-corrected chi connectivity index (χ2v) is 8.21. The van der Waals surface area contributed by atoms with Crippen molar-refractivity contribution in [1.82, 2.24) is 10.5 Å². The maximum absolute atomic E-state index is 13.5. The van der Waals surface area contributed by atoms with E-state index in [1.165, 1.54) is 0 Å². The first-order valence-electron chi connectivity index (χ1n) is 10.2. The zero-order chi connectivity index (χ0) is 21.5. The largest absolute Gasteiger partial charge is 0.395 e. The van der Waals surface area contributed by atoms with Crippen molar-refractivity contribution in [3.05, 3.63) is 71.1 Å². The highest BCUT2D eigenvalue weighted by atomic mass is 16.5. The molecule has 0 saturated heterocycles. The highest BCUT2D eigenvalue weighted by Gasteiger charge is 2.49. The van der Waals surface area contributed by atoms with E-state index in [0.29, 0.717) is 0 Å². The minimum Gasteiger partial charge on any atom is -0.395 e. The number of nitrogens with one attached hydrogen (secondary N) is 2. The molecule has 0 spiro atoms. The molecule has 0 aliphatic carbocycles. The van der Waals surface area contributed by atoms with Crippen LogP contribution in [-0.2, 0) is 10.3 Å². The average Bonchev–Trinajstić information content (AvgIpc) is 3.22. The lowest BCUT2D eigenvalue weighted by Crippen LogP contribution is -2.55. The molecule has 3 N–H and O–H groups in total. The molecule has 156 valence electrons. The first-order valence-corrected chi connectivity index (χ1v) is 10.2. The first kappa shape index (κ1) is 20.3. The summed E-state index contributed by atoms with van der Waals surface area (Å²) in [6.45, 7) is 7.78. The summed E-state index contributed by atoms with van der Waals surface area (Å²) < 4.78 is 5.36. The van der Waals surface area contributed by atoms with Crippen LogP contribution >= 0.6 is 0 Å². The van der Waals surface area contributed by atoms with Crippen LogP contribution in [0.15, 0.2) is 53.1 Å². The third-order valence-corrected chi connectivity index (χ3v) is 5.94. The normalized spacial score (nSPS) is 19.1. The maximum Gasteiger partial charge on any atom is 0.254 e. The van der Waals surface area contributed by atoms with Crippen LogP contribution in [0.4, 0.5) is 5.69 Å². The number of anilines is 1. The van der Waals surface area contributed by atoms with Gasteiger partial charge in [-0.3, -0.25) is 10.1 Å². The minimum absolute atomic E-state index is 0.0710. The van der Waals surface area contributed by atoms with Crippen molar-refractivity contribution >= 4 is 11.6 Å². The molecule has 2 heterocycles. The lowest BCUT2D eigenvalue weighted by molar-refractivity contribution is -0.121. The lowest BCUT2D eigenvalue weighted by atomic mass is 9.81. The Morgan fingerprint density at radius 3 is 2.50 bits per heavy atom. The number of benzene rings is 2. The van der Waals surface area contributed by atoms with Gasteiger partial charge >= 0.3 is 0 Å². The molecule has 0 radical (unpaired) electrons. The lowest BCUT2D eigenvalue weighted by Gasteiger charge is -2.35. The predicted molar refractivity (Wildman–Crippen MR) is 116 cm³/mol. The van der Waals surface area contributed by atoms with Gasteiger partial charge in [0, 0.05) is 22.9 Å². The molecule has 1 aliphatic rings. The Morgan fingerprint density at radius 1 is 1.17 bits per heavy atom. The van der Waals surface area contributed by atoms with Crippen LogP contribution in [0, 0.1) is 19.8 Å². The van der Waals surface area contributed by atoms with Crippen LogP contribution in [0.25, 0.3) is 11.1 Å².